The largest absolute Gasteiger partial charge is 0.361 e. The highest BCUT2D eigenvalue weighted by atomic mass is 35.5. The normalized spacial score (nSPS) is 12.8. The summed E-state index contributed by atoms with van der Waals surface area (Å²) >= 11 is 6.17. The van der Waals surface area contributed by atoms with Gasteiger partial charge in [-0.05, 0) is 23.8 Å². The van der Waals surface area contributed by atoms with Crippen LogP contribution >= 0.6 is 11.6 Å². The van der Waals surface area contributed by atoms with E-state index in [1.165, 1.54) is 6.07 Å². The first-order chi connectivity index (χ1) is 9.72. The Balaban J connectivity index is 2.20. The third kappa shape index (κ3) is 2.09. The van der Waals surface area contributed by atoms with E-state index in [4.69, 9.17) is 17.3 Å². The Kier molecular flexibility index (Phi) is 3.47. The topological polar surface area (TPSA) is 41.8 Å². The third-order valence-corrected chi connectivity index (χ3v) is 3.91. The van der Waals surface area contributed by atoms with Gasteiger partial charge >= 0.3 is 0 Å². The molecule has 0 aliphatic rings. The zero-order chi connectivity index (χ0) is 14.1. The van der Waals surface area contributed by atoms with Gasteiger partial charge in [-0.2, -0.15) is 0 Å². The summed E-state index contributed by atoms with van der Waals surface area (Å²) in [5, 5.41) is 1.45. The van der Waals surface area contributed by atoms with Crippen LogP contribution in [-0.4, -0.2) is 11.5 Å². The Hall–Kier alpha value is -1.84. The Morgan fingerprint density at radius 3 is 2.70 bits per heavy atom. The number of H-pyrrole nitrogens is 1. The van der Waals surface area contributed by atoms with Gasteiger partial charge in [0.05, 0.1) is 0 Å². The molecule has 0 amide bonds. The summed E-state index contributed by atoms with van der Waals surface area (Å²) in [6, 6.07) is 12.6. The predicted molar refractivity (Wildman–Crippen MR) is 80.6 cm³/mol. The Morgan fingerprint density at radius 2 is 1.95 bits per heavy atom. The van der Waals surface area contributed by atoms with Crippen molar-refractivity contribution in [2.45, 2.75) is 5.92 Å². The molecule has 0 unspecified atom stereocenters. The van der Waals surface area contributed by atoms with Crippen molar-refractivity contribution >= 4 is 22.5 Å². The Bertz CT molecular complexity index is 731. The van der Waals surface area contributed by atoms with Crippen molar-refractivity contribution in [3.8, 4) is 0 Å². The number of fused-ring (bicyclic) bond motifs is 1. The molecule has 3 aromatic rings. The number of rotatable bonds is 3. The number of aromatic nitrogens is 1. The quantitative estimate of drug-likeness (QED) is 0.750. The highest BCUT2D eigenvalue weighted by Gasteiger charge is 2.22. The zero-order valence-electron chi connectivity index (χ0n) is 10.7. The summed E-state index contributed by atoms with van der Waals surface area (Å²) in [6.45, 7) is 0.294. The van der Waals surface area contributed by atoms with Crippen LogP contribution in [0.3, 0.4) is 0 Å². The van der Waals surface area contributed by atoms with Gasteiger partial charge in [0.25, 0.3) is 0 Å². The number of para-hydroxylation sites is 1. The molecule has 0 radical (unpaired) electrons. The number of nitrogens with two attached hydrogens (primary N) is 1. The summed E-state index contributed by atoms with van der Waals surface area (Å²) in [5.41, 5.74) is 8.32. The Morgan fingerprint density at radius 1 is 1.15 bits per heavy atom. The van der Waals surface area contributed by atoms with Crippen molar-refractivity contribution in [3.63, 3.8) is 0 Å². The summed E-state index contributed by atoms with van der Waals surface area (Å²) < 4.78 is 14.1. The van der Waals surface area contributed by atoms with E-state index in [9.17, 15) is 4.39 Å². The highest BCUT2D eigenvalue weighted by Crippen LogP contribution is 2.35. The van der Waals surface area contributed by atoms with Crippen LogP contribution < -0.4 is 5.73 Å². The Labute approximate surface area is 121 Å². The highest BCUT2D eigenvalue weighted by molar-refractivity contribution is 6.31. The van der Waals surface area contributed by atoms with E-state index in [1.54, 1.807) is 12.1 Å². The molecule has 4 heteroatoms. The van der Waals surface area contributed by atoms with Crippen molar-refractivity contribution in [1.29, 1.82) is 0 Å². The fourth-order valence-corrected chi connectivity index (χ4v) is 2.92. The molecule has 0 aliphatic heterocycles. The van der Waals surface area contributed by atoms with Crippen LogP contribution in [-0.2, 0) is 0 Å². The molecule has 0 fully saturated rings. The minimum absolute atomic E-state index is 0.264. The lowest BCUT2D eigenvalue weighted by Gasteiger charge is -2.17. The van der Waals surface area contributed by atoms with Crippen LogP contribution in [0.4, 0.5) is 4.39 Å². The molecular formula is C16H14ClFN2. The van der Waals surface area contributed by atoms with Crippen LogP contribution in [0.2, 0.25) is 5.02 Å². The molecule has 1 aromatic heterocycles. The van der Waals surface area contributed by atoms with Gasteiger partial charge in [-0.25, -0.2) is 4.39 Å². The maximum atomic E-state index is 14.1. The second-order valence-electron chi connectivity index (χ2n) is 4.71. The number of benzene rings is 2. The van der Waals surface area contributed by atoms with E-state index in [0.29, 0.717) is 17.1 Å². The van der Waals surface area contributed by atoms with Crippen molar-refractivity contribution < 1.29 is 4.39 Å². The number of hydrogen-bond donors (Lipinski definition) is 2. The average Bonchev–Trinajstić information content (AvgIpc) is 2.87. The fourth-order valence-electron chi connectivity index (χ4n) is 2.63. The summed E-state index contributed by atoms with van der Waals surface area (Å²) in [4.78, 5) is 3.19. The van der Waals surface area contributed by atoms with Gasteiger partial charge in [0.2, 0.25) is 0 Å². The predicted octanol–water partition coefficient (Wildman–Crippen LogP) is 4.05. The first-order valence-electron chi connectivity index (χ1n) is 6.42. The first kappa shape index (κ1) is 13.2. The van der Waals surface area contributed by atoms with Gasteiger partial charge in [0, 0.05) is 40.1 Å². The van der Waals surface area contributed by atoms with Gasteiger partial charge in [-0.3, -0.25) is 0 Å². The van der Waals surface area contributed by atoms with E-state index >= 15 is 0 Å². The van der Waals surface area contributed by atoms with Crippen LogP contribution in [0.1, 0.15) is 17.0 Å². The first-order valence-corrected chi connectivity index (χ1v) is 6.80. The van der Waals surface area contributed by atoms with E-state index in [2.05, 4.69) is 4.98 Å². The number of halogens is 2. The van der Waals surface area contributed by atoms with Gasteiger partial charge in [0.1, 0.15) is 5.82 Å². The van der Waals surface area contributed by atoms with Gasteiger partial charge in [-0.15, -0.1) is 0 Å². The van der Waals surface area contributed by atoms with Crippen molar-refractivity contribution in [2.75, 3.05) is 6.54 Å². The SMILES string of the molecule is NC[C@H](c1c(F)cccc1Cl)c1c[nH]c2ccccc12. The maximum Gasteiger partial charge on any atom is 0.128 e. The molecule has 1 atom stereocenters. The molecular weight excluding hydrogens is 275 g/mol. The second-order valence-corrected chi connectivity index (χ2v) is 5.12. The maximum absolute atomic E-state index is 14.1. The summed E-state index contributed by atoms with van der Waals surface area (Å²) in [5.74, 6) is -0.585. The van der Waals surface area contributed by atoms with Crippen molar-refractivity contribution in [2.24, 2.45) is 5.73 Å². The molecule has 20 heavy (non-hydrogen) atoms. The molecule has 0 spiro atoms. The molecule has 0 bridgehead atoms. The minimum atomic E-state index is -0.321. The molecule has 0 saturated heterocycles. The van der Waals surface area contributed by atoms with E-state index < -0.39 is 0 Å². The van der Waals surface area contributed by atoms with Crippen LogP contribution in [0.25, 0.3) is 10.9 Å². The van der Waals surface area contributed by atoms with Crippen molar-refractivity contribution in [1.82, 2.24) is 4.98 Å². The monoisotopic (exact) mass is 288 g/mol. The minimum Gasteiger partial charge on any atom is -0.361 e. The lowest BCUT2D eigenvalue weighted by molar-refractivity contribution is 0.598. The van der Waals surface area contributed by atoms with Gasteiger partial charge in [0.15, 0.2) is 0 Å². The molecule has 0 aliphatic carbocycles. The average molecular weight is 289 g/mol. The molecule has 3 rings (SSSR count). The van der Waals surface area contributed by atoms with Crippen molar-refractivity contribution in [3.05, 3.63) is 70.6 Å². The molecule has 0 saturated carbocycles. The van der Waals surface area contributed by atoms with Crippen LogP contribution in [0.5, 0.6) is 0 Å². The summed E-state index contributed by atoms with van der Waals surface area (Å²) in [7, 11) is 0. The van der Waals surface area contributed by atoms with Crippen LogP contribution in [0, 0.1) is 5.82 Å². The number of aromatic amines is 1. The fraction of sp³-hybridized carbons (Fsp3) is 0.125. The van der Waals surface area contributed by atoms with Gasteiger partial charge in [-0.1, -0.05) is 35.9 Å². The second kappa shape index (κ2) is 5.27. The lowest BCUT2D eigenvalue weighted by Crippen LogP contribution is -2.15. The number of hydrogen-bond acceptors (Lipinski definition) is 1. The number of nitrogens with one attached hydrogen (secondary N) is 1. The van der Waals surface area contributed by atoms with Crippen LogP contribution in [0.15, 0.2) is 48.7 Å². The molecule has 2 nitrogen and oxygen atoms in total. The van der Waals surface area contributed by atoms with E-state index in [0.717, 1.165) is 16.5 Å². The van der Waals surface area contributed by atoms with Gasteiger partial charge < -0.3 is 10.7 Å². The lowest BCUT2D eigenvalue weighted by atomic mass is 9.90. The third-order valence-electron chi connectivity index (χ3n) is 3.58. The molecule has 2 aromatic carbocycles. The summed E-state index contributed by atoms with van der Waals surface area (Å²) in [6.07, 6.45) is 1.88. The zero-order valence-corrected chi connectivity index (χ0v) is 11.5. The molecule has 102 valence electrons. The molecule has 3 N–H and O–H groups in total. The van der Waals surface area contributed by atoms with E-state index in [-0.39, 0.29) is 11.7 Å². The standard InChI is InChI=1S/C16H14ClFN2/c17-13-5-3-6-14(18)16(13)11(8-19)12-9-20-15-7-2-1-4-10(12)15/h1-7,9,11,20H,8,19H2/t11-/m0/s1. The van der Waals surface area contributed by atoms with E-state index in [1.807, 2.05) is 30.5 Å². The smallest absolute Gasteiger partial charge is 0.128 e. The molecule has 1 heterocycles.